The predicted molar refractivity (Wildman–Crippen MR) is 75.7 cm³/mol. The number of benzene rings is 1. The molecule has 19 heavy (non-hydrogen) atoms. The molecule has 1 aromatic carbocycles. The van der Waals surface area contributed by atoms with Gasteiger partial charge in [0.1, 0.15) is 5.82 Å². The normalized spacial score (nSPS) is 12.6. The molecule has 2 N–H and O–H groups in total. The molecule has 1 heterocycles. The van der Waals surface area contributed by atoms with E-state index in [4.69, 9.17) is 5.73 Å². The van der Waals surface area contributed by atoms with Gasteiger partial charge in [0.2, 0.25) is 0 Å². The highest BCUT2D eigenvalue weighted by atomic mass is 32.2. The Hall–Kier alpha value is -1.33. The molecule has 0 aliphatic rings. The summed E-state index contributed by atoms with van der Waals surface area (Å²) < 4.78 is 15.9. The number of nitrogens with zero attached hydrogens (tertiary/aromatic N) is 2. The van der Waals surface area contributed by atoms with Crippen molar-refractivity contribution in [3.05, 3.63) is 42.0 Å². The lowest BCUT2D eigenvalue weighted by atomic mass is 10.0. The summed E-state index contributed by atoms with van der Waals surface area (Å²) in [6.45, 7) is 2.04. The van der Waals surface area contributed by atoms with Crippen molar-refractivity contribution < 1.29 is 4.39 Å². The van der Waals surface area contributed by atoms with Crippen molar-refractivity contribution in [3.8, 4) is 0 Å². The number of nitrogens with two attached hydrogens (primary N) is 1. The Balaban J connectivity index is 2.30. The monoisotopic (exact) mass is 279 g/mol. The second-order valence-corrected chi connectivity index (χ2v) is 5.50. The summed E-state index contributed by atoms with van der Waals surface area (Å²) in [6, 6.07) is 5.20. The number of hydrogen-bond donors (Lipinski definition) is 1. The molecule has 0 spiro atoms. The first-order valence-electron chi connectivity index (χ1n) is 6.30. The van der Waals surface area contributed by atoms with Gasteiger partial charge >= 0.3 is 0 Å². The quantitative estimate of drug-likeness (QED) is 0.915. The number of hydrogen-bond acceptors (Lipinski definition) is 3. The molecule has 1 unspecified atom stereocenters. The largest absolute Gasteiger partial charge is 0.329 e. The van der Waals surface area contributed by atoms with E-state index in [1.165, 1.54) is 17.8 Å². The van der Waals surface area contributed by atoms with Gasteiger partial charge in [0.05, 0.1) is 4.90 Å². The lowest BCUT2D eigenvalue weighted by molar-refractivity contribution is 0.584. The van der Waals surface area contributed by atoms with Crippen LogP contribution in [0.15, 0.2) is 40.6 Å². The molecule has 2 rings (SSSR count). The van der Waals surface area contributed by atoms with Crippen LogP contribution in [0.4, 0.5) is 4.39 Å². The molecule has 0 amide bonds. The molecule has 1 aromatic heterocycles. The minimum Gasteiger partial charge on any atom is -0.329 e. The number of aryl methyl sites for hydroxylation is 1. The molecule has 0 radical (unpaired) electrons. The Bertz CT molecular complexity index is 553. The summed E-state index contributed by atoms with van der Waals surface area (Å²) in [5, 5.41) is 0.774. The summed E-state index contributed by atoms with van der Waals surface area (Å²) in [7, 11) is 1.90. The molecule has 0 aliphatic heterocycles. The standard InChI is InChI=1S/C14H18FN3S/c1-3-11(16)9-10-5-4-6-12(15)13(10)19-14-17-7-8-18(14)2/h4-8,11H,3,9,16H2,1-2H3. The van der Waals surface area contributed by atoms with E-state index in [1.807, 2.05) is 30.8 Å². The van der Waals surface area contributed by atoms with Crippen LogP contribution >= 0.6 is 11.8 Å². The van der Waals surface area contributed by atoms with Gasteiger partial charge in [0.25, 0.3) is 0 Å². The molecule has 5 heteroatoms. The number of imidazole rings is 1. The second-order valence-electron chi connectivity index (χ2n) is 4.52. The van der Waals surface area contributed by atoms with Crippen molar-refractivity contribution >= 4 is 11.8 Å². The van der Waals surface area contributed by atoms with Gasteiger partial charge in [-0.1, -0.05) is 19.1 Å². The molecular weight excluding hydrogens is 261 g/mol. The Labute approximate surface area is 117 Å². The smallest absolute Gasteiger partial charge is 0.172 e. The first-order chi connectivity index (χ1) is 9.11. The van der Waals surface area contributed by atoms with Crippen molar-refractivity contribution in [2.75, 3.05) is 0 Å². The van der Waals surface area contributed by atoms with Crippen LogP contribution in [0.2, 0.25) is 0 Å². The summed E-state index contributed by atoms with van der Waals surface area (Å²) in [4.78, 5) is 4.85. The van der Waals surface area contributed by atoms with Crippen LogP contribution in [0.3, 0.4) is 0 Å². The fourth-order valence-corrected chi connectivity index (χ4v) is 2.75. The number of halogens is 1. The lowest BCUT2D eigenvalue weighted by Gasteiger charge is -2.13. The van der Waals surface area contributed by atoms with Crippen LogP contribution in [0.25, 0.3) is 0 Å². The zero-order valence-corrected chi connectivity index (χ0v) is 12.0. The molecule has 0 saturated heterocycles. The summed E-state index contributed by atoms with van der Waals surface area (Å²) in [5.41, 5.74) is 6.92. The van der Waals surface area contributed by atoms with E-state index < -0.39 is 0 Å². The first-order valence-corrected chi connectivity index (χ1v) is 7.11. The van der Waals surface area contributed by atoms with E-state index in [1.54, 1.807) is 12.3 Å². The van der Waals surface area contributed by atoms with Crippen LogP contribution in [-0.4, -0.2) is 15.6 Å². The van der Waals surface area contributed by atoms with Gasteiger partial charge in [-0.3, -0.25) is 0 Å². The molecule has 1 atom stereocenters. The lowest BCUT2D eigenvalue weighted by Crippen LogP contribution is -2.21. The topological polar surface area (TPSA) is 43.8 Å². The molecular formula is C14H18FN3S. The molecule has 3 nitrogen and oxygen atoms in total. The van der Waals surface area contributed by atoms with Crippen molar-refractivity contribution in [1.29, 1.82) is 0 Å². The average Bonchev–Trinajstić information content (AvgIpc) is 2.79. The molecule has 0 aliphatic carbocycles. The summed E-state index contributed by atoms with van der Waals surface area (Å²) in [6.07, 6.45) is 5.12. The Morgan fingerprint density at radius 1 is 1.47 bits per heavy atom. The maximum atomic E-state index is 14.0. The van der Waals surface area contributed by atoms with Gasteiger partial charge in [-0.2, -0.15) is 0 Å². The fourth-order valence-electron chi connectivity index (χ4n) is 1.80. The van der Waals surface area contributed by atoms with E-state index in [2.05, 4.69) is 4.98 Å². The summed E-state index contributed by atoms with van der Waals surface area (Å²) in [5.74, 6) is -0.214. The minimum absolute atomic E-state index is 0.0579. The van der Waals surface area contributed by atoms with Crippen molar-refractivity contribution in [2.24, 2.45) is 12.8 Å². The Morgan fingerprint density at radius 2 is 2.26 bits per heavy atom. The second kappa shape index (κ2) is 6.21. The van der Waals surface area contributed by atoms with E-state index in [9.17, 15) is 4.39 Å². The van der Waals surface area contributed by atoms with Gasteiger partial charge < -0.3 is 10.3 Å². The Morgan fingerprint density at radius 3 is 2.89 bits per heavy atom. The van der Waals surface area contributed by atoms with Gasteiger partial charge in [-0.15, -0.1) is 0 Å². The third kappa shape index (κ3) is 3.36. The number of aromatic nitrogens is 2. The van der Waals surface area contributed by atoms with E-state index in [0.717, 1.165) is 17.1 Å². The van der Waals surface area contributed by atoms with E-state index >= 15 is 0 Å². The average molecular weight is 279 g/mol. The molecule has 102 valence electrons. The SMILES string of the molecule is CCC(N)Cc1cccc(F)c1Sc1nccn1C. The minimum atomic E-state index is -0.214. The van der Waals surface area contributed by atoms with Crippen LogP contribution in [0.1, 0.15) is 18.9 Å². The molecule has 0 bridgehead atoms. The van der Waals surface area contributed by atoms with Crippen LogP contribution in [0, 0.1) is 5.82 Å². The molecule has 2 aromatic rings. The van der Waals surface area contributed by atoms with Gasteiger partial charge in [0.15, 0.2) is 5.16 Å². The van der Waals surface area contributed by atoms with Crippen LogP contribution in [0.5, 0.6) is 0 Å². The molecule has 0 saturated carbocycles. The zero-order valence-electron chi connectivity index (χ0n) is 11.1. The molecule has 0 fully saturated rings. The zero-order chi connectivity index (χ0) is 13.8. The van der Waals surface area contributed by atoms with Crippen LogP contribution in [-0.2, 0) is 13.5 Å². The first kappa shape index (κ1) is 14.1. The van der Waals surface area contributed by atoms with E-state index in [0.29, 0.717) is 11.3 Å². The highest BCUT2D eigenvalue weighted by molar-refractivity contribution is 7.99. The highest BCUT2D eigenvalue weighted by Gasteiger charge is 2.14. The fraction of sp³-hybridized carbons (Fsp3) is 0.357. The van der Waals surface area contributed by atoms with Crippen molar-refractivity contribution in [2.45, 2.75) is 35.9 Å². The third-order valence-electron chi connectivity index (χ3n) is 3.03. The maximum absolute atomic E-state index is 14.0. The number of rotatable bonds is 5. The van der Waals surface area contributed by atoms with Crippen molar-refractivity contribution in [3.63, 3.8) is 0 Å². The van der Waals surface area contributed by atoms with E-state index in [-0.39, 0.29) is 11.9 Å². The maximum Gasteiger partial charge on any atom is 0.172 e. The van der Waals surface area contributed by atoms with Gasteiger partial charge in [-0.05, 0) is 36.2 Å². The highest BCUT2D eigenvalue weighted by Crippen LogP contribution is 2.32. The van der Waals surface area contributed by atoms with Gasteiger partial charge in [-0.25, -0.2) is 9.37 Å². The Kier molecular flexibility index (Phi) is 4.61. The van der Waals surface area contributed by atoms with Crippen molar-refractivity contribution in [1.82, 2.24) is 9.55 Å². The van der Waals surface area contributed by atoms with Crippen LogP contribution < -0.4 is 5.73 Å². The van der Waals surface area contributed by atoms with Gasteiger partial charge in [0, 0.05) is 25.5 Å². The third-order valence-corrected chi connectivity index (χ3v) is 4.26. The predicted octanol–water partition coefficient (Wildman–Crippen LogP) is 2.99. The summed E-state index contributed by atoms with van der Waals surface area (Å²) >= 11 is 1.35.